The number of rotatable bonds is 5. The van der Waals surface area contributed by atoms with Crippen LogP contribution in [0, 0.1) is 5.92 Å². The molecule has 0 aromatic heterocycles. The number of imide groups is 1. The van der Waals surface area contributed by atoms with Crippen molar-refractivity contribution in [1.29, 1.82) is 0 Å². The van der Waals surface area contributed by atoms with Gasteiger partial charge in [-0.25, -0.2) is 4.99 Å². The van der Waals surface area contributed by atoms with E-state index in [1.165, 1.54) is 0 Å². The number of nitrogens with two attached hydrogens (primary N) is 1. The molecule has 1 saturated carbocycles. The molecular weight excluding hydrogens is 469 g/mol. The van der Waals surface area contributed by atoms with Crippen LogP contribution in [0.3, 0.4) is 0 Å². The van der Waals surface area contributed by atoms with E-state index in [1.807, 2.05) is 0 Å². The summed E-state index contributed by atoms with van der Waals surface area (Å²) in [7, 11) is 0. The van der Waals surface area contributed by atoms with Crippen LogP contribution >= 0.6 is 34.8 Å². The monoisotopic (exact) mass is 491 g/mol. The van der Waals surface area contributed by atoms with Gasteiger partial charge in [0.1, 0.15) is 5.70 Å². The van der Waals surface area contributed by atoms with Gasteiger partial charge in [-0.1, -0.05) is 66.2 Å². The van der Waals surface area contributed by atoms with E-state index < -0.39 is 5.91 Å². The second-order valence-electron chi connectivity index (χ2n) is 7.76. The van der Waals surface area contributed by atoms with Crippen LogP contribution in [0.15, 0.2) is 58.7 Å². The minimum atomic E-state index is -0.637. The fourth-order valence-corrected chi connectivity index (χ4v) is 4.19. The number of carbonyl (C=O) groups excluding carboxylic acids is 2. The topological polar surface area (TPSA) is 84.5 Å². The van der Waals surface area contributed by atoms with Gasteiger partial charge in [0.25, 0.3) is 5.91 Å². The summed E-state index contributed by atoms with van der Waals surface area (Å²) in [5.41, 5.74) is 8.08. The van der Waals surface area contributed by atoms with Crippen LogP contribution in [0.25, 0.3) is 0 Å². The number of halogens is 3. The van der Waals surface area contributed by atoms with Gasteiger partial charge in [-0.15, -0.1) is 0 Å². The molecule has 0 bridgehead atoms. The molecule has 3 N–H and O–H groups in total. The van der Waals surface area contributed by atoms with E-state index in [0.29, 0.717) is 37.6 Å². The number of amides is 2. The molecule has 1 aliphatic rings. The highest BCUT2D eigenvalue weighted by Gasteiger charge is 2.24. The fourth-order valence-electron chi connectivity index (χ4n) is 3.61. The van der Waals surface area contributed by atoms with Gasteiger partial charge < -0.3 is 5.73 Å². The SMILES string of the molecule is C/C(C(=Nc1ccc(Cl)cc1Cl)c1ccc(Cl)cc1)=C(/N)C(=O)NC(=O)C1CCCCC1. The Kier molecular flexibility index (Phi) is 8.35. The van der Waals surface area contributed by atoms with Gasteiger partial charge in [0.15, 0.2) is 0 Å². The van der Waals surface area contributed by atoms with Crippen LogP contribution in [-0.2, 0) is 9.59 Å². The molecule has 0 heterocycles. The Labute approximate surface area is 202 Å². The van der Waals surface area contributed by atoms with Crippen LogP contribution < -0.4 is 11.1 Å². The van der Waals surface area contributed by atoms with Crippen LogP contribution in [0.4, 0.5) is 5.69 Å². The van der Waals surface area contributed by atoms with Gasteiger partial charge in [0.2, 0.25) is 5.91 Å². The van der Waals surface area contributed by atoms with Crippen molar-refractivity contribution < 1.29 is 9.59 Å². The second kappa shape index (κ2) is 11.0. The van der Waals surface area contributed by atoms with Crippen molar-refractivity contribution in [3.8, 4) is 0 Å². The number of hydrogen-bond acceptors (Lipinski definition) is 4. The van der Waals surface area contributed by atoms with Crippen molar-refractivity contribution in [2.45, 2.75) is 39.0 Å². The molecule has 0 aliphatic heterocycles. The van der Waals surface area contributed by atoms with Crippen LogP contribution in [0.1, 0.15) is 44.6 Å². The average Bonchev–Trinajstić information content (AvgIpc) is 2.79. The fraction of sp³-hybridized carbons (Fsp3) is 0.292. The van der Waals surface area contributed by atoms with Gasteiger partial charge in [-0.3, -0.25) is 14.9 Å². The summed E-state index contributed by atoms with van der Waals surface area (Å²) in [6.07, 6.45) is 4.67. The first kappa shape index (κ1) is 24.3. The van der Waals surface area contributed by atoms with Gasteiger partial charge >= 0.3 is 0 Å². The molecule has 0 radical (unpaired) electrons. The number of benzene rings is 2. The van der Waals surface area contributed by atoms with Gasteiger partial charge in [-0.05, 0) is 50.1 Å². The molecular formula is C24H24Cl3N3O2. The molecule has 1 aliphatic carbocycles. The van der Waals surface area contributed by atoms with Crippen molar-refractivity contribution in [3.63, 3.8) is 0 Å². The summed E-state index contributed by atoms with van der Waals surface area (Å²) in [5, 5.41) is 3.84. The Balaban J connectivity index is 1.96. The lowest BCUT2D eigenvalue weighted by atomic mass is 9.88. The van der Waals surface area contributed by atoms with Crippen molar-refractivity contribution in [2.75, 3.05) is 0 Å². The molecule has 32 heavy (non-hydrogen) atoms. The lowest BCUT2D eigenvalue weighted by Gasteiger charge is -2.20. The summed E-state index contributed by atoms with van der Waals surface area (Å²) in [4.78, 5) is 29.9. The minimum absolute atomic E-state index is 0.0899. The largest absolute Gasteiger partial charge is 0.394 e. The van der Waals surface area contributed by atoms with Crippen molar-refractivity contribution >= 4 is 58.0 Å². The van der Waals surface area contributed by atoms with Crippen LogP contribution in [-0.4, -0.2) is 17.5 Å². The third-order valence-electron chi connectivity index (χ3n) is 5.48. The maximum absolute atomic E-state index is 12.8. The Morgan fingerprint density at radius 1 is 0.969 bits per heavy atom. The summed E-state index contributed by atoms with van der Waals surface area (Å²) >= 11 is 18.3. The maximum Gasteiger partial charge on any atom is 0.274 e. The summed E-state index contributed by atoms with van der Waals surface area (Å²) in [6, 6.07) is 11.9. The standard InChI is InChI=1S/C24H24Cl3N3O2/c1-14(21(28)24(32)30-23(31)16-5-3-2-4-6-16)22(15-7-9-17(25)10-8-15)29-20-12-11-18(26)13-19(20)27/h7-13,16H,2-6,28H2,1H3,(H,30,31,32)/b21-14-,29-22?. The number of hydrogen-bond donors (Lipinski definition) is 2. The first-order valence-electron chi connectivity index (χ1n) is 10.4. The Morgan fingerprint density at radius 2 is 1.59 bits per heavy atom. The molecule has 168 valence electrons. The van der Waals surface area contributed by atoms with Crippen molar-refractivity contribution in [1.82, 2.24) is 5.32 Å². The molecule has 2 amide bonds. The van der Waals surface area contributed by atoms with Gasteiger partial charge in [0, 0.05) is 27.1 Å². The molecule has 2 aromatic carbocycles. The first-order chi connectivity index (χ1) is 15.3. The summed E-state index contributed by atoms with van der Waals surface area (Å²) < 4.78 is 0. The summed E-state index contributed by atoms with van der Waals surface area (Å²) in [5.74, 6) is -1.07. The van der Waals surface area contributed by atoms with Crippen LogP contribution in [0.5, 0.6) is 0 Å². The molecule has 0 saturated heterocycles. The highest BCUT2D eigenvalue weighted by Crippen LogP contribution is 2.30. The Hall–Kier alpha value is -2.34. The van der Waals surface area contributed by atoms with Crippen molar-refractivity contribution in [2.24, 2.45) is 16.6 Å². The predicted octanol–water partition coefficient (Wildman–Crippen LogP) is 6.22. The van der Waals surface area contributed by atoms with Gasteiger partial charge in [0.05, 0.1) is 16.4 Å². The second-order valence-corrected chi connectivity index (χ2v) is 9.04. The zero-order valence-electron chi connectivity index (χ0n) is 17.6. The van der Waals surface area contributed by atoms with E-state index in [2.05, 4.69) is 10.3 Å². The Bertz CT molecular complexity index is 1070. The average molecular weight is 493 g/mol. The van der Waals surface area contributed by atoms with E-state index in [9.17, 15) is 9.59 Å². The molecule has 8 heteroatoms. The van der Waals surface area contributed by atoms with Gasteiger partial charge in [-0.2, -0.15) is 0 Å². The Morgan fingerprint density at radius 3 is 2.22 bits per heavy atom. The van der Waals surface area contributed by atoms with Crippen molar-refractivity contribution in [3.05, 3.63) is 74.4 Å². The highest BCUT2D eigenvalue weighted by atomic mass is 35.5. The molecule has 1 fully saturated rings. The normalized spacial score (nSPS) is 15.8. The number of aliphatic imine (C=N–C) groups is 1. The van der Waals surface area contributed by atoms with Crippen LogP contribution in [0.2, 0.25) is 15.1 Å². The first-order valence-corrected chi connectivity index (χ1v) is 11.5. The lowest BCUT2D eigenvalue weighted by molar-refractivity contribution is -0.131. The van der Waals surface area contributed by atoms with E-state index in [4.69, 9.17) is 40.5 Å². The number of allylic oxidation sites excluding steroid dienone is 1. The predicted molar refractivity (Wildman–Crippen MR) is 131 cm³/mol. The van der Waals surface area contributed by atoms with E-state index >= 15 is 0 Å². The molecule has 2 aromatic rings. The molecule has 0 spiro atoms. The smallest absolute Gasteiger partial charge is 0.274 e. The molecule has 5 nitrogen and oxygen atoms in total. The molecule has 0 atom stereocenters. The third-order valence-corrected chi connectivity index (χ3v) is 6.27. The number of nitrogens with zero attached hydrogens (tertiary/aromatic N) is 1. The zero-order chi connectivity index (χ0) is 23.3. The van der Waals surface area contributed by atoms with E-state index in [-0.39, 0.29) is 17.5 Å². The zero-order valence-corrected chi connectivity index (χ0v) is 19.9. The van der Waals surface area contributed by atoms with E-state index in [1.54, 1.807) is 49.4 Å². The quantitative estimate of drug-likeness (QED) is 0.383. The number of nitrogens with one attached hydrogen (secondary N) is 1. The third kappa shape index (κ3) is 6.12. The highest BCUT2D eigenvalue weighted by molar-refractivity contribution is 6.36. The molecule has 3 rings (SSSR count). The van der Waals surface area contributed by atoms with E-state index in [0.717, 1.165) is 32.1 Å². The minimum Gasteiger partial charge on any atom is -0.394 e. The molecule has 0 unspecified atom stereocenters. The maximum atomic E-state index is 12.8. The number of carbonyl (C=O) groups is 2. The lowest BCUT2D eigenvalue weighted by Crippen LogP contribution is -2.39. The summed E-state index contributed by atoms with van der Waals surface area (Å²) in [6.45, 7) is 1.68.